The Hall–Kier alpha value is -2.52. The minimum absolute atomic E-state index is 0.00170. The van der Waals surface area contributed by atoms with Gasteiger partial charge in [-0.15, -0.1) is 0 Å². The van der Waals surface area contributed by atoms with Crippen molar-refractivity contribution in [3.63, 3.8) is 0 Å². The highest BCUT2D eigenvalue weighted by Gasteiger charge is 2.22. The Balaban J connectivity index is 1.05. The largest absolute Gasteiger partial charge is 0.353 e. The molecule has 4 heterocycles. The van der Waals surface area contributed by atoms with E-state index in [2.05, 4.69) is 44.1 Å². The Labute approximate surface area is 216 Å². The zero-order valence-corrected chi connectivity index (χ0v) is 21.5. The van der Waals surface area contributed by atoms with Crippen LogP contribution in [0.1, 0.15) is 48.0 Å². The molecule has 1 aromatic carbocycles. The fourth-order valence-electron chi connectivity index (χ4n) is 5.05. The lowest BCUT2D eigenvalue weighted by atomic mass is 9.97. The molecule has 1 atom stereocenters. The number of benzene rings is 1. The fraction of sp³-hybridized carbons (Fsp3) is 0.519. The zero-order valence-electron chi connectivity index (χ0n) is 20.8. The molecule has 0 spiro atoms. The Morgan fingerprint density at radius 3 is 2.75 bits per heavy atom. The molecule has 2 aliphatic heterocycles. The summed E-state index contributed by atoms with van der Waals surface area (Å²) in [5.74, 6) is 1.18. The van der Waals surface area contributed by atoms with Crippen molar-refractivity contribution in [1.29, 1.82) is 0 Å². The number of ether oxygens (including phenoxy) is 2. The van der Waals surface area contributed by atoms with E-state index < -0.39 is 0 Å². The van der Waals surface area contributed by atoms with E-state index in [4.69, 9.17) is 21.1 Å². The Morgan fingerprint density at radius 2 is 2.00 bits per heavy atom. The molecule has 1 unspecified atom stereocenters. The third kappa shape index (κ3) is 6.06. The van der Waals surface area contributed by atoms with Crippen LogP contribution in [0, 0.1) is 5.92 Å². The summed E-state index contributed by atoms with van der Waals surface area (Å²) in [5, 5.41) is 5.66. The zero-order chi connectivity index (χ0) is 24.9. The molecule has 0 aliphatic carbocycles. The molecule has 2 saturated heterocycles. The third-order valence-electron chi connectivity index (χ3n) is 7.18. The van der Waals surface area contributed by atoms with E-state index in [0.29, 0.717) is 24.0 Å². The summed E-state index contributed by atoms with van der Waals surface area (Å²) in [6.45, 7) is 4.34. The number of rotatable bonds is 9. The number of nitrogens with zero attached hydrogens (tertiary/aromatic N) is 4. The minimum atomic E-state index is -0.273. The van der Waals surface area contributed by atoms with E-state index >= 15 is 0 Å². The molecule has 36 heavy (non-hydrogen) atoms. The van der Waals surface area contributed by atoms with Crippen molar-refractivity contribution in [2.24, 2.45) is 13.0 Å². The third-order valence-corrected chi connectivity index (χ3v) is 7.41. The van der Waals surface area contributed by atoms with Gasteiger partial charge in [-0.05, 0) is 62.3 Å². The quantitative estimate of drug-likeness (QED) is 0.427. The maximum Gasteiger partial charge on any atom is 0.225 e. The maximum absolute atomic E-state index is 12.4. The molecule has 2 aromatic heterocycles. The van der Waals surface area contributed by atoms with Crippen LogP contribution in [-0.2, 0) is 23.1 Å². The predicted molar refractivity (Wildman–Crippen MR) is 140 cm³/mol. The van der Waals surface area contributed by atoms with Crippen LogP contribution in [0.15, 0.2) is 36.8 Å². The van der Waals surface area contributed by atoms with Crippen LogP contribution in [0.3, 0.4) is 0 Å². The van der Waals surface area contributed by atoms with Gasteiger partial charge >= 0.3 is 0 Å². The number of fused-ring (bicyclic) bond motifs is 1. The normalized spacial score (nSPS) is 19.2. The fourth-order valence-corrected chi connectivity index (χ4v) is 5.22. The molecule has 9 heteroatoms. The molecule has 2 aliphatic rings. The summed E-state index contributed by atoms with van der Waals surface area (Å²) in [4.78, 5) is 23.5. The standard InChI is InChI=1S/C27H34ClN5O3/c1-32-17-21(23-6-5-22(28)12-24(23)32)14-29-13-19-7-9-33(10-8-19)27-30-15-20(16-31-27)25(34)18-36-26-4-2-3-11-35-26/h5-6,12,15-17,19,26,29H,2-4,7-11,13-14,18H2,1H3. The number of hydrogen-bond acceptors (Lipinski definition) is 7. The van der Waals surface area contributed by atoms with Crippen molar-refractivity contribution in [1.82, 2.24) is 19.9 Å². The molecule has 0 saturated carbocycles. The first kappa shape index (κ1) is 25.1. The van der Waals surface area contributed by atoms with Crippen LogP contribution < -0.4 is 10.2 Å². The number of carbonyl (C=O) groups excluding carboxylic acids is 1. The molecule has 3 aromatic rings. The molecule has 0 amide bonds. The second kappa shape index (κ2) is 11.7. The molecule has 0 radical (unpaired) electrons. The van der Waals surface area contributed by atoms with Crippen LogP contribution in [0.5, 0.6) is 0 Å². The van der Waals surface area contributed by atoms with Crippen molar-refractivity contribution >= 4 is 34.2 Å². The molecular formula is C27H34ClN5O3. The molecule has 1 N–H and O–H groups in total. The van der Waals surface area contributed by atoms with Gasteiger partial charge in [0.25, 0.3) is 0 Å². The molecule has 2 fully saturated rings. The number of piperidine rings is 1. The van der Waals surface area contributed by atoms with Crippen LogP contribution in [0.25, 0.3) is 10.9 Å². The van der Waals surface area contributed by atoms with E-state index in [1.165, 1.54) is 10.9 Å². The summed E-state index contributed by atoms with van der Waals surface area (Å²) >= 11 is 6.16. The Morgan fingerprint density at radius 1 is 1.19 bits per heavy atom. The number of anilines is 1. The molecule has 192 valence electrons. The van der Waals surface area contributed by atoms with E-state index in [0.717, 1.165) is 68.8 Å². The SMILES string of the molecule is Cn1cc(CNCC2CCN(c3ncc(C(=O)COC4CCCCO4)cn3)CC2)c2ccc(Cl)cc21. The maximum atomic E-state index is 12.4. The number of aryl methyl sites for hydroxylation is 1. The highest BCUT2D eigenvalue weighted by atomic mass is 35.5. The van der Waals surface area contributed by atoms with E-state index in [-0.39, 0.29) is 18.7 Å². The highest BCUT2D eigenvalue weighted by Crippen LogP contribution is 2.25. The van der Waals surface area contributed by atoms with Gasteiger partial charge in [0.15, 0.2) is 12.1 Å². The topological polar surface area (TPSA) is 81.5 Å². The smallest absolute Gasteiger partial charge is 0.225 e. The lowest BCUT2D eigenvalue weighted by molar-refractivity contribution is -0.155. The minimum Gasteiger partial charge on any atom is -0.353 e. The van der Waals surface area contributed by atoms with Gasteiger partial charge in [-0.2, -0.15) is 0 Å². The van der Waals surface area contributed by atoms with Crippen LogP contribution in [0.2, 0.25) is 5.02 Å². The first-order valence-electron chi connectivity index (χ1n) is 12.8. The molecule has 5 rings (SSSR count). The molecular weight excluding hydrogens is 478 g/mol. The Bertz CT molecular complexity index is 1170. The van der Waals surface area contributed by atoms with Gasteiger partial charge in [0.2, 0.25) is 5.95 Å². The predicted octanol–water partition coefficient (Wildman–Crippen LogP) is 4.35. The molecule has 8 nitrogen and oxygen atoms in total. The lowest BCUT2D eigenvalue weighted by Crippen LogP contribution is -2.38. The second-order valence-corrected chi connectivity index (χ2v) is 10.2. The first-order chi connectivity index (χ1) is 17.6. The summed E-state index contributed by atoms with van der Waals surface area (Å²) in [7, 11) is 2.06. The van der Waals surface area contributed by atoms with E-state index in [1.807, 2.05) is 12.1 Å². The van der Waals surface area contributed by atoms with E-state index in [1.54, 1.807) is 12.4 Å². The van der Waals surface area contributed by atoms with Crippen molar-refractivity contribution < 1.29 is 14.3 Å². The van der Waals surface area contributed by atoms with Gasteiger partial charge in [0.1, 0.15) is 6.61 Å². The summed E-state index contributed by atoms with van der Waals surface area (Å²) in [5.41, 5.74) is 2.93. The number of carbonyl (C=O) groups is 1. The average molecular weight is 512 g/mol. The van der Waals surface area contributed by atoms with Crippen LogP contribution in [-0.4, -0.2) is 59.5 Å². The monoisotopic (exact) mass is 511 g/mol. The highest BCUT2D eigenvalue weighted by molar-refractivity contribution is 6.31. The Kier molecular flexibility index (Phi) is 8.16. The van der Waals surface area contributed by atoms with Gasteiger partial charge in [-0.25, -0.2) is 9.97 Å². The summed E-state index contributed by atoms with van der Waals surface area (Å²) in [6, 6.07) is 6.07. The van der Waals surface area contributed by atoms with Gasteiger partial charge in [0.05, 0.1) is 5.56 Å². The number of nitrogens with one attached hydrogen (secondary N) is 1. The number of Topliss-reactive ketones (excluding diaryl/α,β-unsaturated/α-hetero) is 1. The molecule has 0 bridgehead atoms. The van der Waals surface area contributed by atoms with Gasteiger partial charge in [0, 0.05) is 67.8 Å². The first-order valence-corrected chi connectivity index (χ1v) is 13.2. The lowest BCUT2D eigenvalue weighted by Gasteiger charge is -2.32. The average Bonchev–Trinajstić information content (AvgIpc) is 3.22. The van der Waals surface area contributed by atoms with Crippen molar-refractivity contribution in [3.05, 3.63) is 52.9 Å². The number of ketones is 1. The van der Waals surface area contributed by atoms with Crippen molar-refractivity contribution in [2.75, 3.05) is 37.7 Å². The van der Waals surface area contributed by atoms with Crippen LogP contribution in [0.4, 0.5) is 5.95 Å². The number of hydrogen-bond donors (Lipinski definition) is 1. The summed E-state index contributed by atoms with van der Waals surface area (Å²) < 4.78 is 13.2. The summed E-state index contributed by atoms with van der Waals surface area (Å²) in [6.07, 6.45) is 10.3. The van der Waals surface area contributed by atoms with Gasteiger partial charge < -0.3 is 24.3 Å². The van der Waals surface area contributed by atoms with E-state index in [9.17, 15) is 4.79 Å². The van der Waals surface area contributed by atoms with Crippen LogP contribution >= 0.6 is 11.6 Å². The number of aromatic nitrogens is 3. The van der Waals surface area contributed by atoms with Gasteiger partial charge in [-0.1, -0.05) is 17.7 Å². The van der Waals surface area contributed by atoms with Gasteiger partial charge in [-0.3, -0.25) is 4.79 Å². The van der Waals surface area contributed by atoms with Crippen molar-refractivity contribution in [2.45, 2.75) is 44.9 Å². The second-order valence-electron chi connectivity index (χ2n) is 9.79. The number of halogens is 1. The van der Waals surface area contributed by atoms with Crippen molar-refractivity contribution in [3.8, 4) is 0 Å².